The van der Waals surface area contributed by atoms with Gasteiger partial charge in [0.05, 0.1) is 11.8 Å². The summed E-state index contributed by atoms with van der Waals surface area (Å²) >= 11 is 1.49. The predicted octanol–water partition coefficient (Wildman–Crippen LogP) is 2.35. The van der Waals surface area contributed by atoms with Crippen LogP contribution in [0.15, 0.2) is 21.7 Å². The van der Waals surface area contributed by atoms with Crippen LogP contribution in [0.2, 0.25) is 0 Å². The molecule has 0 amide bonds. The Morgan fingerprint density at radius 2 is 1.91 bits per heavy atom. The first-order valence-electron chi connectivity index (χ1n) is 7.68. The molecule has 3 heterocycles. The van der Waals surface area contributed by atoms with Crippen LogP contribution in [-0.2, 0) is 10.0 Å². The summed E-state index contributed by atoms with van der Waals surface area (Å²) in [6.07, 6.45) is 1.54. The molecule has 2 aromatic heterocycles. The van der Waals surface area contributed by atoms with Crippen molar-refractivity contribution in [1.82, 2.24) is 14.4 Å². The third-order valence-corrected chi connectivity index (χ3v) is 7.49. The molecule has 1 aliphatic heterocycles. The van der Waals surface area contributed by atoms with Crippen LogP contribution in [0.1, 0.15) is 16.7 Å². The van der Waals surface area contributed by atoms with Crippen LogP contribution in [0, 0.1) is 13.8 Å². The van der Waals surface area contributed by atoms with Gasteiger partial charge in [-0.1, -0.05) is 12.1 Å². The number of aryl methyl sites for hydroxylation is 2. The fraction of sp³-hybridized carbons (Fsp3) is 0.533. The van der Waals surface area contributed by atoms with Crippen LogP contribution in [0.5, 0.6) is 0 Å². The molecule has 3 rings (SSSR count). The van der Waals surface area contributed by atoms with E-state index in [-0.39, 0.29) is 0 Å². The zero-order valence-electron chi connectivity index (χ0n) is 13.6. The highest BCUT2D eigenvalue weighted by atomic mass is 32.2. The molecule has 6 nitrogen and oxygen atoms in total. The second-order valence-electron chi connectivity index (χ2n) is 5.63. The maximum Gasteiger partial charge on any atom is 0.245 e. The molecule has 23 heavy (non-hydrogen) atoms. The van der Waals surface area contributed by atoms with Gasteiger partial charge in [-0.05, 0) is 20.4 Å². The van der Waals surface area contributed by atoms with Crippen LogP contribution in [0.25, 0.3) is 11.3 Å². The third kappa shape index (κ3) is 2.96. The van der Waals surface area contributed by atoms with Crippen molar-refractivity contribution < 1.29 is 12.9 Å². The Morgan fingerprint density at radius 1 is 1.22 bits per heavy atom. The van der Waals surface area contributed by atoms with Gasteiger partial charge in [-0.2, -0.15) is 4.31 Å². The molecule has 0 N–H and O–H groups in total. The van der Waals surface area contributed by atoms with Crippen molar-refractivity contribution in [2.45, 2.75) is 25.7 Å². The number of hydrogen-bond donors (Lipinski definition) is 0. The Bertz CT molecular complexity index is 773. The normalized spacial score (nSPS) is 17.7. The van der Waals surface area contributed by atoms with Gasteiger partial charge < -0.3 is 9.42 Å². The van der Waals surface area contributed by atoms with Crippen molar-refractivity contribution in [3.05, 3.63) is 22.0 Å². The Hall–Kier alpha value is -1.22. The first-order valence-corrected chi connectivity index (χ1v) is 9.94. The highest BCUT2D eigenvalue weighted by molar-refractivity contribution is 7.89. The molecule has 0 spiro atoms. The van der Waals surface area contributed by atoms with E-state index in [4.69, 9.17) is 4.52 Å². The van der Waals surface area contributed by atoms with Crippen molar-refractivity contribution in [3.8, 4) is 11.3 Å². The van der Waals surface area contributed by atoms with Crippen molar-refractivity contribution in [1.29, 1.82) is 0 Å². The van der Waals surface area contributed by atoms with E-state index in [1.165, 1.54) is 17.5 Å². The lowest BCUT2D eigenvalue weighted by atomic mass is 10.2. The second-order valence-corrected chi connectivity index (χ2v) is 8.94. The lowest BCUT2D eigenvalue weighted by Gasteiger charge is -2.33. The molecule has 0 aliphatic carbocycles. The van der Waals surface area contributed by atoms with Gasteiger partial charge in [0.25, 0.3) is 0 Å². The largest absolute Gasteiger partial charge is 0.356 e. The van der Waals surface area contributed by atoms with E-state index in [1.807, 2.05) is 13.8 Å². The van der Waals surface area contributed by atoms with Gasteiger partial charge in [-0.15, -0.1) is 11.3 Å². The number of piperazine rings is 1. The first kappa shape index (κ1) is 16.6. The molecule has 1 fully saturated rings. The lowest BCUT2D eigenvalue weighted by Crippen LogP contribution is -2.48. The third-order valence-electron chi connectivity index (χ3n) is 4.27. The van der Waals surface area contributed by atoms with Crippen LogP contribution < -0.4 is 0 Å². The van der Waals surface area contributed by atoms with Crippen molar-refractivity contribution in [2.24, 2.45) is 0 Å². The van der Waals surface area contributed by atoms with Crippen molar-refractivity contribution in [2.75, 3.05) is 32.7 Å². The van der Waals surface area contributed by atoms with Gasteiger partial charge >= 0.3 is 0 Å². The zero-order chi connectivity index (χ0) is 16.6. The van der Waals surface area contributed by atoms with Gasteiger partial charge in [0.15, 0.2) is 5.76 Å². The minimum atomic E-state index is -3.53. The predicted molar refractivity (Wildman–Crippen MR) is 90.2 cm³/mol. The standard InChI is InChI=1S/C15H21N3O3S2/c1-4-17-7-9-18(10-8-17)23(19,20)15-12(3)22-11(2)14(15)13-5-6-16-21-13/h5-6H,4,7-10H2,1-3H3. The smallest absolute Gasteiger partial charge is 0.245 e. The molecular weight excluding hydrogens is 334 g/mol. The summed E-state index contributed by atoms with van der Waals surface area (Å²) in [6, 6.07) is 1.71. The number of likely N-dealkylation sites (N-methyl/N-ethyl adjacent to an activating group) is 1. The van der Waals surface area contributed by atoms with Crippen LogP contribution in [0.4, 0.5) is 0 Å². The average molecular weight is 355 g/mol. The summed E-state index contributed by atoms with van der Waals surface area (Å²) in [5, 5.41) is 3.72. The Kier molecular flexibility index (Phi) is 4.59. The highest BCUT2D eigenvalue weighted by Crippen LogP contribution is 2.40. The summed E-state index contributed by atoms with van der Waals surface area (Å²) in [5.41, 5.74) is 0.655. The first-order chi connectivity index (χ1) is 10.9. The summed E-state index contributed by atoms with van der Waals surface area (Å²) in [6.45, 7) is 9.42. The molecule has 1 saturated heterocycles. The van der Waals surface area contributed by atoms with Gasteiger partial charge in [-0.25, -0.2) is 8.42 Å². The van der Waals surface area contributed by atoms with Crippen molar-refractivity contribution in [3.63, 3.8) is 0 Å². The second kappa shape index (κ2) is 6.35. The number of hydrogen-bond acceptors (Lipinski definition) is 6. The van der Waals surface area contributed by atoms with E-state index in [9.17, 15) is 8.42 Å². The maximum atomic E-state index is 13.2. The summed E-state index contributed by atoms with van der Waals surface area (Å²) in [5.74, 6) is 0.512. The highest BCUT2D eigenvalue weighted by Gasteiger charge is 2.34. The van der Waals surface area contributed by atoms with Gasteiger partial charge in [-0.3, -0.25) is 0 Å². The molecule has 126 valence electrons. The number of nitrogens with zero attached hydrogens (tertiary/aromatic N) is 3. The average Bonchev–Trinajstić information content (AvgIpc) is 3.14. The fourth-order valence-corrected chi connectivity index (χ4v) is 6.26. The van der Waals surface area contributed by atoms with Crippen LogP contribution >= 0.6 is 11.3 Å². The molecule has 1 aliphatic rings. The minimum Gasteiger partial charge on any atom is -0.356 e. The van der Waals surface area contributed by atoms with Gasteiger partial charge in [0, 0.05) is 42.0 Å². The molecule has 0 radical (unpaired) electrons. The molecule has 8 heteroatoms. The van der Waals surface area contributed by atoms with Gasteiger partial charge in [0.1, 0.15) is 4.90 Å². The summed E-state index contributed by atoms with van der Waals surface area (Å²) in [7, 11) is -3.53. The monoisotopic (exact) mass is 355 g/mol. The Labute approximate surface area is 140 Å². The molecule has 0 bridgehead atoms. The molecule has 2 aromatic rings. The SMILES string of the molecule is CCN1CCN(S(=O)(=O)c2c(C)sc(C)c2-c2ccno2)CC1. The van der Waals surface area contributed by atoms with Gasteiger partial charge in [0.2, 0.25) is 10.0 Å². The van der Waals surface area contributed by atoms with E-state index in [0.717, 1.165) is 29.4 Å². The number of rotatable bonds is 4. The molecule has 0 aromatic carbocycles. The molecular formula is C15H21N3O3S2. The van der Waals surface area contributed by atoms with E-state index in [0.29, 0.717) is 29.3 Å². The zero-order valence-corrected chi connectivity index (χ0v) is 15.2. The Balaban J connectivity index is 2.01. The number of sulfonamides is 1. The topological polar surface area (TPSA) is 66.7 Å². The van der Waals surface area contributed by atoms with Crippen molar-refractivity contribution >= 4 is 21.4 Å². The fourth-order valence-electron chi connectivity index (χ4n) is 3.02. The Morgan fingerprint density at radius 3 is 2.48 bits per heavy atom. The lowest BCUT2D eigenvalue weighted by molar-refractivity contribution is 0.196. The molecule has 0 atom stereocenters. The van der Waals surface area contributed by atoms with Crippen LogP contribution in [-0.4, -0.2) is 55.5 Å². The quantitative estimate of drug-likeness (QED) is 0.842. The number of thiophene rings is 1. The van der Waals surface area contributed by atoms with E-state index in [1.54, 1.807) is 10.4 Å². The van der Waals surface area contributed by atoms with E-state index < -0.39 is 10.0 Å². The maximum absolute atomic E-state index is 13.2. The van der Waals surface area contributed by atoms with E-state index >= 15 is 0 Å². The minimum absolute atomic E-state index is 0.377. The van der Waals surface area contributed by atoms with Crippen LogP contribution in [0.3, 0.4) is 0 Å². The molecule has 0 saturated carbocycles. The summed E-state index contributed by atoms with van der Waals surface area (Å²) < 4.78 is 33.2. The van der Waals surface area contributed by atoms with E-state index in [2.05, 4.69) is 17.0 Å². The summed E-state index contributed by atoms with van der Waals surface area (Å²) in [4.78, 5) is 4.37. The number of aromatic nitrogens is 1. The molecule has 0 unspecified atom stereocenters.